The van der Waals surface area contributed by atoms with Crippen LogP contribution in [0, 0.1) is 29.1 Å². The number of aromatic amines is 1. The number of carbonyl (C=O) groups is 2. The summed E-state index contributed by atoms with van der Waals surface area (Å²) in [4.78, 5) is 30.5. The first-order chi connectivity index (χ1) is 19.5. The Kier molecular flexibility index (Phi) is 7.77. The van der Waals surface area contributed by atoms with E-state index in [9.17, 15) is 9.59 Å². The summed E-state index contributed by atoms with van der Waals surface area (Å²) in [6, 6.07) is 8.08. The van der Waals surface area contributed by atoms with Crippen LogP contribution in [0.2, 0.25) is 0 Å². The summed E-state index contributed by atoms with van der Waals surface area (Å²) in [5.41, 5.74) is 1.98. The second-order valence-corrected chi connectivity index (χ2v) is 14.4. The lowest BCUT2D eigenvalue weighted by atomic mass is 9.43. The van der Waals surface area contributed by atoms with Gasteiger partial charge in [-0.25, -0.2) is 0 Å². The van der Waals surface area contributed by atoms with E-state index < -0.39 is 13.0 Å². The summed E-state index contributed by atoms with van der Waals surface area (Å²) >= 11 is 0. The largest absolute Gasteiger partial charge is 0.481 e. The van der Waals surface area contributed by atoms with Crippen molar-refractivity contribution in [2.24, 2.45) is 29.1 Å². The van der Waals surface area contributed by atoms with E-state index in [4.69, 9.17) is 14.0 Å². The zero-order valence-corrected chi connectivity index (χ0v) is 25.4. The molecule has 41 heavy (non-hydrogen) atoms. The Morgan fingerprint density at radius 1 is 1.15 bits per heavy atom. The van der Waals surface area contributed by atoms with Crippen molar-refractivity contribution in [3.8, 4) is 0 Å². The van der Waals surface area contributed by atoms with Gasteiger partial charge in [-0.15, -0.1) is 0 Å². The fourth-order valence-electron chi connectivity index (χ4n) is 8.38. The van der Waals surface area contributed by atoms with Gasteiger partial charge >= 0.3 is 13.1 Å². The number of para-hydroxylation sites is 1. The molecule has 0 radical (unpaired) electrons. The van der Waals surface area contributed by atoms with E-state index in [0.29, 0.717) is 24.2 Å². The fourth-order valence-corrected chi connectivity index (χ4v) is 8.38. The van der Waals surface area contributed by atoms with Crippen LogP contribution in [0.25, 0.3) is 10.9 Å². The topological polar surface area (TPSA) is 89.7 Å². The zero-order chi connectivity index (χ0) is 28.9. The molecule has 1 aromatic heterocycles. The number of hydrogen-bond acceptors (Lipinski definition) is 5. The van der Waals surface area contributed by atoms with Crippen LogP contribution in [-0.4, -0.2) is 47.7 Å². The third-order valence-corrected chi connectivity index (χ3v) is 10.9. The van der Waals surface area contributed by atoms with Crippen molar-refractivity contribution in [2.45, 2.75) is 116 Å². The smallest absolute Gasteiger partial charge is 0.462 e. The molecule has 6 atom stereocenters. The van der Waals surface area contributed by atoms with Crippen LogP contribution in [-0.2, 0) is 30.1 Å². The quantitative estimate of drug-likeness (QED) is 0.274. The maximum Gasteiger partial charge on any atom is 0.481 e. The lowest BCUT2D eigenvalue weighted by molar-refractivity contribution is -0.199. The predicted molar refractivity (Wildman–Crippen MR) is 160 cm³/mol. The average Bonchev–Trinajstić information content (AvgIpc) is 3.66. The second-order valence-electron chi connectivity index (χ2n) is 14.4. The van der Waals surface area contributed by atoms with Gasteiger partial charge in [0.05, 0.1) is 30.0 Å². The minimum atomic E-state index is -0.552. The van der Waals surface area contributed by atoms with E-state index in [-0.39, 0.29) is 47.5 Å². The van der Waals surface area contributed by atoms with Crippen LogP contribution in [0.5, 0.6) is 0 Å². The number of H-pyrrole nitrogens is 1. The van der Waals surface area contributed by atoms with Crippen molar-refractivity contribution in [2.75, 3.05) is 0 Å². The minimum absolute atomic E-state index is 0.0205. The lowest BCUT2D eigenvalue weighted by Gasteiger charge is -2.64. The number of fused-ring (bicyclic) bond motifs is 1. The first-order valence-corrected chi connectivity index (χ1v) is 15.9. The normalized spacial score (nSPS) is 30.2. The van der Waals surface area contributed by atoms with Gasteiger partial charge in [0.2, 0.25) is 5.91 Å². The molecule has 5 aliphatic rings. The summed E-state index contributed by atoms with van der Waals surface area (Å²) in [6.07, 6.45) is 9.45. The van der Waals surface area contributed by atoms with Crippen molar-refractivity contribution >= 4 is 29.9 Å². The van der Waals surface area contributed by atoms with Gasteiger partial charge in [0, 0.05) is 17.1 Å². The van der Waals surface area contributed by atoms with Crippen LogP contribution >= 0.6 is 0 Å². The molecule has 1 amide bonds. The third kappa shape index (κ3) is 5.47. The molecular weight excluding hydrogens is 515 g/mol. The van der Waals surface area contributed by atoms with Crippen LogP contribution in [0.15, 0.2) is 30.5 Å². The number of ether oxygens (including phenoxy) is 1. The molecule has 2 heterocycles. The van der Waals surface area contributed by atoms with Gasteiger partial charge in [-0.3, -0.25) is 9.59 Å². The molecule has 7 rings (SSSR count). The molecule has 2 N–H and O–H groups in total. The SMILES string of the molecule is CC(C)C[C@H](NC(=O)[C@@H](CC(=O)OC1CCCC1)Cc1c[nH]c2ccccc12)B1O[C@@H]2C[C@@H]3C[C@@H](C3(C)C)[C@]2(C)O1. The first kappa shape index (κ1) is 28.8. The van der Waals surface area contributed by atoms with Gasteiger partial charge in [0.15, 0.2) is 0 Å². The van der Waals surface area contributed by atoms with Gasteiger partial charge in [0.1, 0.15) is 6.10 Å². The van der Waals surface area contributed by atoms with Crippen LogP contribution in [0.1, 0.15) is 91.5 Å². The zero-order valence-electron chi connectivity index (χ0n) is 25.4. The molecule has 2 bridgehead atoms. The van der Waals surface area contributed by atoms with E-state index in [1.54, 1.807) is 0 Å². The van der Waals surface area contributed by atoms with Crippen molar-refractivity contribution in [1.29, 1.82) is 0 Å². The highest BCUT2D eigenvalue weighted by molar-refractivity contribution is 6.47. The maximum absolute atomic E-state index is 14.1. The van der Waals surface area contributed by atoms with Crippen LogP contribution in [0.4, 0.5) is 0 Å². The molecule has 2 aromatic rings. The van der Waals surface area contributed by atoms with E-state index in [1.807, 2.05) is 24.4 Å². The fraction of sp³-hybridized carbons (Fsp3) is 0.697. The summed E-state index contributed by atoms with van der Waals surface area (Å²) in [5.74, 6) is 0.196. The standard InChI is InChI=1S/C33H47BN2O5/c1-20(2)14-29(34-40-28-18-23-17-27(32(23,3)4)33(28,5)41-34)36-31(38)21(16-30(37)39-24-10-6-7-11-24)15-22-19-35-26-13-9-8-12-25(22)26/h8-9,12-13,19-21,23-24,27-29,35H,6-7,10-11,14-18H2,1-5H3,(H,36,38)/t21-,23+,27+,28-,29+,33+/m1/s1. The van der Waals surface area contributed by atoms with Crippen LogP contribution in [0.3, 0.4) is 0 Å². The van der Waals surface area contributed by atoms with Gasteiger partial charge in [-0.05, 0) is 93.1 Å². The molecule has 7 nitrogen and oxygen atoms in total. The Morgan fingerprint density at radius 2 is 1.90 bits per heavy atom. The number of aromatic nitrogens is 1. The van der Waals surface area contributed by atoms with Gasteiger partial charge in [-0.1, -0.05) is 45.9 Å². The summed E-state index contributed by atoms with van der Waals surface area (Å²) in [7, 11) is -0.495. The summed E-state index contributed by atoms with van der Waals surface area (Å²) < 4.78 is 19.2. The number of nitrogens with one attached hydrogen (secondary N) is 2. The number of carbonyl (C=O) groups excluding carboxylic acids is 2. The minimum Gasteiger partial charge on any atom is -0.462 e. The highest BCUT2D eigenvalue weighted by atomic mass is 16.7. The van der Waals surface area contributed by atoms with Crippen molar-refractivity contribution in [3.05, 3.63) is 36.0 Å². The van der Waals surface area contributed by atoms with E-state index >= 15 is 0 Å². The molecule has 4 saturated carbocycles. The van der Waals surface area contributed by atoms with E-state index in [1.165, 1.54) is 6.42 Å². The molecule has 4 aliphatic carbocycles. The van der Waals surface area contributed by atoms with Crippen molar-refractivity contribution in [3.63, 3.8) is 0 Å². The molecular formula is C33H47BN2O5. The number of rotatable bonds is 10. The highest BCUT2D eigenvalue weighted by Crippen LogP contribution is 2.65. The van der Waals surface area contributed by atoms with Crippen LogP contribution < -0.4 is 5.32 Å². The van der Waals surface area contributed by atoms with Crippen molar-refractivity contribution < 1.29 is 23.6 Å². The second kappa shape index (κ2) is 11.1. The number of benzene rings is 1. The van der Waals surface area contributed by atoms with Gasteiger partial charge in [-0.2, -0.15) is 0 Å². The van der Waals surface area contributed by atoms with Gasteiger partial charge < -0.3 is 24.3 Å². The van der Waals surface area contributed by atoms with Gasteiger partial charge in [0.25, 0.3) is 0 Å². The van der Waals surface area contributed by atoms with E-state index in [0.717, 1.165) is 55.0 Å². The number of esters is 1. The molecule has 1 aromatic carbocycles. The van der Waals surface area contributed by atoms with Crippen molar-refractivity contribution in [1.82, 2.24) is 10.3 Å². The lowest BCUT2D eigenvalue weighted by Crippen LogP contribution is -2.65. The highest BCUT2D eigenvalue weighted by Gasteiger charge is 2.68. The molecule has 222 valence electrons. The number of hydrogen-bond donors (Lipinski definition) is 2. The first-order valence-electron chi connectivity index (χ1n) is 15.9. The Balaban J connectivity index is 1.20. The molecule has 1 aliphatic heterocycles. The molecule has 0 spiro atoms. The summed E-state index contributed by atoms with van der Waals surface area (Å²) in [6.45, 7) is 11.2. The maximum atomic E-state index is 14.1. The average molecular weight is 563 g/mol. The monoisotopic (exact) mass is 562 g/mol. The third-order valence-electron chi connectivity index (χ3n) is 10.9. The summed E-state index contributed by atoms with van der Waals surface area (Å²) in [5, 5.41) is 4.40. The molecule has 8 heteroatoms. The Hall–Kier alpha value is -2.32. The Morgan fingerprint density at radius 3 is 2.63 bits per heavy atom. The molecule has 5 fully saturated rings. The predicted octanol–water partition coefficient (Wildman–Crippen LogP) is 6.00. The molecule has 1 saturated heterocycles. The molecule has 0 unspecified atom stereocenters. The Labute approximate surface area is 245 Å². The van der Waals surface area contributed by atoms with E-state index in [2.05, 4.69) is 51.0 Å². The number of amides is 1. The Bertz CT molecular complexity index is 1270.